The van der Waals surface area contributed by atoms with Crippen LogP contribution in [-0.2, 0) is 14.3 Å². The third kappa shape index (κ3) is 3.10. The van der Waals surface area contributed by atoms with E-state index in [1.807, 2.05) is 11.1 Å². The minimum absolute atomic E-state index is 0.334. The zero-order chi connectivity index (χ0) is 12.1. The van der Waals surface area contributed by atoms with Crippen molar-refractivity contribution in [1.82, 2.24) is 10.4 Å². The predicted octanol–water partition coefficient (Wildman–Crippen LogP) is 1.07. The average molecular weight is 236 g/mol. The molecule has 2 heterocycles. The van der Waals surface area contributed by atoms with E-state index in [0.29, 0.717) is 12.5 Å². The Morgan fingerprint density at radius 2 is 2.59 bits per heavy atom. The minimum atomic E-state index is -0.334. The summed E-state index contributed by atoms with van der Waals surface area (Å²) in [5.41, 5.74) is 3.96. The summed E-state index contributed by atoms with van der Waals surface area (Å²) in [6, 6.07) is 0. The topological polar surface area (TPSA) is 50.8 Å². The number of nitrogens with one attached hydrogen (secondary N) is 1. The van der Waals surface area contributed by atoms with Gasteiger partial charge in [-0.2, -0.15) is 0 Å². The first-order valence-corrected chi connectivity index (χ1v) is 5.74. The second-order valence-corrected chi connectivity index (χ2v) is 3.71. The monoisotopic (exact) mass is 236 g/mol. The van der Waals surface area contributed by atoms with Crippen molar-refractivity contribution in [2.75, 3.05) is 19.7 Å². The molecule has 0 aliphatic carbocycles. The normalized spacial score (nSPS) is 21.4. The van der Waals surface area contributed by atoms with Crippen LogP contribution in [0.4, 0.5) is 0 Å². The van der Waals surface area contributed by atoms with Gasteiger partial charge in [0.2, 0.25) is 5.88 Å². The summed E-state index contributed by atoms with van der Waals surface area (Å²) in [5, 5.41) is 1.93. The van der Waals surface area contributed by atoms with Crippen LogP contribution in [0.15, 0.2) is 35.9 Å². The molecule has 0 aromatic heterocycles. The lowest BCUT2D eigenvalue weighted by Crippen LogP contribution is -2.31. The first-order chi connectivity index (χ1) is 8.29. The number of allylic oxidation sites excluding steroid dienone is 3. The lowest BCUT2D eigenvalue weighted by molar-refractivity contribution is -0.137. The Hall–Kier alpha value is -1.75. The standard InChI is InChI=1S/C12H16N2O3/c1-2-16-12(15)9-10-4-7-17-11(8-10)14-6-3-5-13-14/h4,7-9,13H,2-3,5-6H2,1H3. The number of hydrogen-bond acceptors (Lipinski definition) is 5. The van der Waals surface area contributed by atoms with E-state index in [2.05, 4.69) is 5.43 Å². The molecule has 0 atom stereocenters. The second-order valence-electron chi connectivity index (χ2n) is 3.71. The highest BCUT2D eigenvalue weighted by molar-refractivity contribution is 5.84. The molecule has 92 valence electrons. The zero-order valence-electron chi connectivity index (χ0n) is 9.81. The lowest BCUT2D eigenvalue weighted by Gasteiger charge is -2.21. The van der Waals surface area contributed by atoms with Crippen molar-refractivity contribution in [2.45, 2.75) is 13.3 Å². The van der Waals surface area contributed by atoms with Crippen molar-refractivity contribution in [1.29, 1.82) is 0 Å². The van der Waals surface area contributed by atoms with E-state index in [0.717, 1.165) is 25.1 Å². The molecule has 5 nitrogen and oxygen atoms in total. The molecule has 0 saturated carbocycles. The zero-order valence-corrected chi connectivity index (χ0v) is 9.81. The maximum Gasteiger partial charge on any atom is 0.331 e. The summed E-state index contributed by atoms with van der Waals surface area (Å²) < 4.78 is 10.2. The van der Waals surface area contributed by atoms with Crippen molar-refractivity contribution in [2.24, 2.45) is 0 Å². The second kappa shape index (κ2) is 5.54. The van der Waals surface area contributed by atoms with Crippen LogP contribution in [0.25, 0.3) is 0 Å². The molecule has 0 spiro atoms. The van der Waals surface area contributed by atoms with E-state index in [1.165, 1.54) is 6.08 Å². The van der Waals surface area contributed by atoms with Crippen LogP contribution in [0.3, 0.4) is 0 Å². The van der Waals surface area contributed by atoms with Crippen molar-refractivity contribution < 1.29 is 14.3 Å². The van der Waals surface area contributed by atoms with Crippen LogP contribution in [-0.4, -0.2) is 30.7 Å². The maximum absolute atomic E-state index is 11.3. The number of rotatable bonds is 3. The first-order valence-electron chi connectivity index (χ1n) is 5.74. The van der Waals surface area contributed by atoms with Crippen LogP contribution < -0.4 is 5.43 Å². The summed E-state index contributed by atoms with van der Waals surface area (Å²) in [4.78, 5) is 11.3. The van der Waals surface area contributed by atoms with E-state index < -0.39 is 0 Å². The van der Waals surface area contributed by atoms with Crippen LogP contribution in [0, 0.1) is 0 Å². The SMILES string of the molecule is CCOC(=O)C=C1C=COC(N2CCCN2)=C1. The Bertz CT molecular complexity index is 379. The fourth-order valence-electron chi connectivity index (χ4n) is 1.68. The van der Waals surface area contributed by atoms with Gasteiger partial charge in [-0.25, -0.2) is 10.2 Å². The van der Waals surface area contributed by atoms with E-state index in [9.17, 15) is 4.79 Å². The maximum atomic E-state index is 11.3. The van der Waals surface area contributed by atoms with Gasteiger partial charge >= 0.3 is 5.97 Å². The number of hydrogen-bond donors (Lipinski definition) is 1. The molecule has 17 heavy (non-hydrogen) atoms. The third-order valence-corrected chi connectivity index (χ3v) is 2.44. The minimum Gasteiger partial charge on any atom is -0.463 e. The van der Waals surface area contributed by atoms with Crippen LogP contribution in [0.5, 0.6) is 0 Å². The Morgan fingerprint density at radius 3 is 3.29 bits per heavy atom. The number of hydrazine groups is 1. The number of carbonyl (C=O) groups excluding carboxylic acids is 1. The van der Waals surface area contributed by atoms with Gasteiger partial charge < -0.3 is 9.47 Å². The summed E-state index contributed by atoms with van der Waals surface area (Å²) in [6.45, 7) is 4.02. The van der Waals surface area contributed by atoms with E-state index >= 15 is 0 Å². The lowest BCUT2D eigenvalue weighted by atomic mass is 10.2. The van der Waals surface area contributed by atoms with Gasteiger partial charge in [-0.15, -0.1) is 0 Å². The molecule has 1 N–H and O–H groups in total. The van der Waals surface area contributed by atoms with Crippen LogP contribution >= 0.6 is 0 Å². The summed E-state index contributed by atoms with van der Waals surface area (Å²) >= 11 is 0. The van der Waals surface area contributed by atoms with Crippen LogP contribution in [0.2, 0.25) is 0 Å². The predicted molar refractivity (Wildman–Crippen MR) is 62.3 cm³/mol. The summed E-state index contributed by atoms with van der Waals surface area (Å²) in [7, 11) is 0. The molecule has 5 heteroatoms. The van der Waals surface area contributed by atoms with E-state index in [1.54, 1.807) is 19.3 Å². The van der Waals surface area contributed by atoms with Gasteiger partial charge in [-0.1, -0.05) is 0 Å². The number of nitrogens with zero attached hydrogens (tertiary/aromatic N) is 1. The van der Waals surface area contributed by atoms with E-state index in [4.69, 9.17) is 9.47 Å². The summed E-state index contributed by atoms with van der Waals surface area (Å²) in [6.07, 6.45) is 7.66. The van der Waals surface area contributed by atoms with Gasteiger partial charge in [0.15, 0.2) is 0 Å². The molecule has 2 aliphatic rings. The Labute approximate surface area is 100 Å². The highest BCUT2D eigenvalue weighted by Gasteiger charge is 2.17. The van der Waals surface area contributed by atoms with Gasteiger partial charge in [0.1, 0.15) is 0 Å². The molecule has 1 saturated heterocycles. The first kappa shape index (κ1) is 11.7. The number of carbonyl (C=O) groups is 1. The Balaban J connectivity index is 2.05. The van der Waals surface area contributed by atoms with Crippen molar-refractivity contribution >= 4 is 5.97 Å². The quantitative estimate of drug-likeness (QED) is 0.587. The highest BCUT2D eigenvalue weighted by atomic mass is 16.5. The molecule has 0 bridgehead atoms. The molecule has 0 aromatic carbocycles. The largest absolute Gasteiger partial charge is 0.463 e. The van der Waals surface area contributed by atoms with E-state index in [-0.39, 0.29) is 5.97 Å². The van der Waals surface area contributed by atoms with Crippen LogP contribution in [0.1, 0.15) is 13.3 Å². The van der Waals surface area contributed by atoms with Crippen molar-refractivity contribution in [3.05, 3.63) is 35.9 Å². The number of esters is 1. The smallest absolute Gasteiger partial charge is 0.331 e. The van der Waals surface area contributed by atoms with Crippen molar-refractivity contribution in [3.8, 4) is 0 Å². The number of ether oxygens (including phenoxy) is 2. The Morgan fingerprint density at radius 1 is 1.71 bits per heavy atom. The molecule has 0 aromatic rings. The molecule has 0 radical (unpaired) electrons. The van der Waals surface area contributed by atoms with Gasteiger partial charge in [0.25, 0.3) is 0 Å². The molecule has 0 unspecified atom stereocenters. The van der Waals surface area contributed by atoms with Crippen molar-refractivity contribution in [3.63, 3.8) is 0 Å². The Kier molecular flexibility index (Phi) is 3.82. The van der Waals surface area contributed by atoms with Gasteiger partial charge in [0.05, 0.1) is 12.9 Å². The fourth-order valence-corrected chi connectivity index (χ4v) is 1.68. The fraction of sp³-hybridized carbons (Fsp3) is 0.417. The van der Waals surface area contributed by atoms with Gasteiger partial charge in [-0.05, 0) is 25.0 Å². The third-order valence-electron chi connectivity index (χ3n) is 2.44. The molecule has 0 amide bonds. The summed E-state index contributed by atoms with van der Waals surface area (Å²) in [5.74, 6) is 0.375. The average Bonchev–Trinajstić information content (AvgIpc) is 2.83. The molecular formula is C12H16N2O3. The van der Waals surface area contributed by atoms with Gasteiger partial charge in [-0.3, -0.25) is 5.01 Å². The van der Waals surface area contributed by atoms with Gasteiger partial charge in [0, 0.05) is 25.2 Å². The molecule has 2 aliphatic heterocycles. The molecule has 2 rings (SSSR count). The highest BCUT2D eigenvalue weighted by Crippen LogP contribution is 2.17. The molecular weight excluding hydrogens is 220 g/mol. The molecule has 1 fully saturated rings.